The molecule has 0 radical (unpaired) electrons. The minimum Gasteiger partial charge on any atom is -0.455 e. The number of nitrogens with zero attached hydrogens (tertiary/aromatic N) is 1. The molecule has 0 saturated carbocycles. The van der Waals surface area contributed by atoms with Crippen LogP contribution in [0, 0.1) is 0 Å². The van der Waals surface area contributed by atoms with Crippen LogP contribution >= 0.6 is 23.2 Å². The normalized spacial score (nSPS) is 11.0. The first-order chi connectivity index (χ1) is 11.1. The van der Waals surface area contributed by atoms with Gasteiger partial charge in [0.15, 0.2) is 0 Å². The molecule has 0 unspecified atom stereocenters. The molecule has 3 rings (SSSR count). The van der Waals surface area contributed by atoms with E-state index in [1.54, 1.807) is 48.7 Å². The van der Waals surface area contributed by atoms with E-state index in [0.29, 0.717) is 32.8 Å². The third kappa shape index (κ3) is 3.47. The highest BCUT2D eigenvalue weighted by Gasteiger charge is 2.10. The van der Waals surface area contributed by atoms with Gasteiger partial charge in [-0.15, -0.1) is 0 Å². The number of furan rings is 1. The zero-order valence-corrected chi connectivity index (χ0v) is 13.2. The van der Waals surface area contributed by atoms with Crippen LogP contribution in [0.3, 0.4) is 0 Å². The van der Waals surface area contributed by atoms with Crippen molar-refractivity contribution in [1.82, 2.24) is 10.4 Å². The number of carbonyl (C=O) groups excluding carboxylic acids is 1. The van der Waals surface area contributed by atoms with E-state index in [-0.39, 0.29) is 5.91 Å². The van der Waals surface area contributed by atoms with Gasteiger partial charge in [0.05, 0.1) is 16.3 Å². The largest absolute Gasteiger partial charge is 0.455 e. The number of carbonyl (C=O) groups is 1. The van der Waals surface area contributed by atoms with Gasteiger partial charge in [-0.1, -0.05) is 29.3 Å². The fraction of sp³-hybridized carbons (Fsp3) is 0. The summed E-state index contributed by atoms with van der Waals surface area (Å²) in [7, 11) is 0. The van der Waals surface area contributed by atoms with Crippen LogP contribution in [0.15, 0.2) is 58.2 Å². The summed E-state index contributed by atoms with van der Waals surface area (Å²) in [6, 6.07) is 12.2. The lowest BCUT2D eigenvalue weighted by Crippen LogP contribution is -2.17. The molecule has 0 spiro atoms. The molecule has 5 nitrogen and oxygen atoms in total. The molecule has 0 atom stereocenters. The number of nitrogens with one attached hydrogen (secondary N) is 2. The lowest BCUT2D eigenvalue weighted by Gasteiger charge is -2.01. The predicted molar refractivity (Wildman–Crippen MR) is 90.0 cm³/mol. The molecule has 0 aliphatic heterocycles. The third-order valence-corrected chi connectivity index (χ3v) is 3.86. The lowest BCUT2D eigenvalue weighted by molar-refractivity contribution is 0.0951. The van der Waals surface area contributed by atoms with Gasteiger partial charge in [0.2, 0.25) is 0 Å². The Bertz CT molecular complexity index is 854. The highest BCUT2D eigenvalue weighted by Crippen LogP contribution is 2.34. The molecule has 0 saturated heterocycles. The standard InChI is InChI=1S/C16H11Cl2N3O2/c17-12-4-1-3-11(15(12)18)14-7-6-10(23-14)9-20-21-16(22)13-5-2-8-19-13/h1-9,19H,(H,21,22)/b20-9-. The Hall–Kier alpha value is -2.50. The Labute approximate surface area is 141 Å². The Balaban J connectivity index is 1.71. The van der Waals surface area contributed by atoms with E-state index in [2.05, 4.69) is 15.5 Å². The molecule has 2 heterocycles. The van der Waals surface area contributed by atoms with Gasteiger partial charge in [-0.25, -0.2) is 5.43 Å². The highest BCUT2D eigenvalue weighted by atomic mass is 35.5. The first-order valence-corrected chi connectivity index (χ1v) is 7.42. The molecule has 1 amide bonds. The zero-order chi connectivity index (χ0) is 16.2. The molecule has 23 heavy (non-hydrogen) atoms. The summed E-state index contributed by atoms with van der Waals surface area (Å²) in [4.78, 5) is 14.5. The van der Waals surface area contributed by atoms with Crippen molar-refractivity contribution in [3.8, 4) is 11.3 Å². The Morgan fingerprint density at radius 2 is 2.04 bits per heavy atom. The smallest absolute Gasteiger partial charge is 0.287 e. The average Bonchev–Trinajstić information content (AvgIpc) is 3.21. The molecule has 3 aromatic rings. The van der Waals surface area contributed by atoms with Crippen LogP contribution in [-0.2, 0) is 0 Å². The Kier molecular flexibility index (Phi) is 4.50. The molecule has 116 valence electrons. The number of hydrogen-bond donors (Lipinski definition) is 2. The Morgan fingerprint density at radius 3 is 2.83 bits per heavy atom. The van der Waals surface area contributed by atoms with Crippen LogP contribution in [0.2, 0.25) is 10.0 Å². The van der Waals surface area contributed by atoms with Gasteiger partial charge < -0.3 is 9.40 Å². The van der Waals surface area contributed by atoms with E-state index in [1.165, 1.54) is 6.21 Å². The summed E-state index contributed by atoms with van der Waals surface area (Å²) in [5.41, 5.74) is 3.51. The van der Waals surface area contributed by atoms with Crippen LogP contribution in [0.1, 0.15) is 16.2 Å². The number of rotatable bonds is 4. The number of aromatic nitrogens is 1. The van der Waals surface area contributed by atoms with Crippen molar-refractivity contribution < 1.29 is 9.21 Å². The molecule has 0 fully saturated rings. The van der Waals surface area contributed by atoms with Gasteiger partial charge in [-0.2, -0.15) is 5.10 Å². The van der Waals surface area contributed by atoms with E-state index < -0.39 is 0 Å². The van der Waals surface area contributed by atoms with Crippen molar-refractivity contribution >= 4 is 35.3 Å². The quantitative estimate of drug-likeness (QED) is 0.544. The first kappa shape index (κ1) is 15.4. The van der Waals surface area contributed by atoms with Gasteiger partial charge in [-0.05, 0) is 36.4 Å². The zero-order valence-electron chi connectivity index (χ0n) is 11.7. The molecule has 7 heteroatoms. The van der Waals surface area contributed by atoms with Gasteiger partial charge in [0, 0.05) is 11.8 Å². The van der Waals surface area contributed by atoms with Crippen molar-refractivity contribution in [1.29, 1.82) is 0 Å². The van der Waals surface area contributed by atoms with Gasteiger partial charge >= 0.3 is 0 Å². The third-order valence-electron chi connectivity index (χ3n) is 3.04. The molecular formula is C16H11Cl2N3O2. The second kappa shape index (κ2) is 6.73. The lowest BCUT2D eigenvalue weighted by atomic mass is 10.2. The van der Waals surface area contributed by atoms with Crippen molar-refractivity contribution in [2.45, 2.75) is 0 Å². The minimum atomic E-state index is -0.337. The number of H-pyrrole nitrogens is 1. The van der Waals surface area contributed by atoms with E-state index >= 15 is 0 Å². The van der Waals surface area contributed by atoms with Crippen LogP contribution in [0.5, 0.6) is 0 Å². The maximum Gasteiger partial charge on any atom is 0.287 e. The van der Waals surface area contributed by atoms with Crippen LogP contribution in [0.4, 0.5) is 0 Å². The maximum atomic E-state index is 11.7. The SMILES string of the molecule is O=C(N/N=C\c1ccc(-c2cccc(Cl)c2Cl)o1)c1ccc[nH]1. The number of amides is 1. The second-order valence-electron chi connectivity index (χ2n) is 4.59. The van der Waals surface area contributed by atoms with E-state index in [1.807, 2.05) is 0 Å². The summed E-state index contributed by atoms with van der Waals surface area (Å²) in [6.45, 7) is 0. The molecular weight excluding hydrogens is 337 g/mol. The van der Waals surface area contributed by atoms with Crippen LogP contribution in [-0.4, -0.2) is 17.1 Å². The van der Waals surface area contributed by atoms with Crippen molar-refractivity contribution in [2.75, 3.05) is 0 Å². The van der Waals surface area contributed by atoms with Crippen molar-refractivity contribution in [3.63, 3.8) is 0 Å². The van der Waals surface area contributed by atoms with E-state index in [9.17, 15) is 4.79 Å². The summed E-state index contributed by atoms with van der Waals surface area (Å²) in [5.74, 6) is 0.702. The average molecular weight is 348 g/mol. The summed E-state index contributed by atoms with van der Waals surface area (Å²) in [5, 5.41) is 4.72. The molecule has 0 bridgehead atoms. The molecule has 0 aliphatic rings. The summed E-state index contributed by atoms with van der Waals surface area (Å²) in [6.07, 6.45) is 3.06. The number of hydrogen-bond acceptors (Lipinski definition) is 3. The number of hydrazone groups is 1. The molecule has 1 aromatic carbocycles. The van der Waals surface area contributed by atoms with Crippen LogP contribution in [0.25, 0.3) is 11.3 Å². The monoisotopic (exact) mass is 347 g/mol. The van der Waals surface area contributed by atoms with Crippen LogP contribution < -0.4 is 5.43 Å². The molecule has 2 N–H and O–H groups in total. The number of aromatic amines is 1. The number of halogens is 2. The Morgan fingerprint density at radius 1 is 1.17 bits per heavy atom. The van der Waals surface area contributed by atoms with E-state index in [4.69, 9.17) is 27.6 Å². The van der Waals surface area contributed by atoms with Gasteiger partial charge in [0.25, 0.3) is 5.91 Å². The first-order valence-electron chi connectivity index (χ1n) is 6.66. The summed E-state index contributed by atoms with van der Waals surface area (Å²) >= 11 is 12.1. The van der Waals surface area contributed by atoms with E-state index in [0.717, 1.165) is 0 Å². The summed E-state index contributed by atoms with van der Waals surface area (Å²) < 4.78 is 5.63. The highest BCUT2D eigenvalue weighted by molar-refractivity contribution is 6.43. The van der Waals surface area contributed by atoms with Gasteiger partial charge in [-0.3, -0.25) is 4.79 Å². The van der Waals surface area contributed by atoms with Crippen molar-refractivity contribution in [2.24, 2.45) is 5.10 Å². The van der Waals surface area contributed by atoms with Gasteiger partial charge in [0.1, 0.15) is 17.2 Å². The second-order valence-corrected chi connectivity index (χ2v) is 5.37. The topological polar surface area (TPSA) is 70.4 Å². The van der Waals surface area contributed by atoms with Crippen molar-refractivity contribution in [3.05, 3.63) is 70.2 Å². The molecule has 2 aromatic heterocycles. The maximum absolute atomic E-state index is 11.7. The fourth-order valence-corrected chi connectivity index (χ4v) is 2.34. The predicted octanol–water partition coefficient (Wildman–Crippen LogP) is 4.35. The molecule has 0 aliphatic carbocycles. The minimum absolute atomic E-state index is 0.337. The fourth-order valence-electron chi connectivity index (χ4n) is 1.95. The number of benzene rings is 1.